The minimum Gasteiger partial charge on any atom is -0.490 e. The van der Waals surface area contributed by atoms with E-state index in [1.165, 1.54) is 12.0 Å². The van der Waals surface area contributed by atoms with Gasteiger partial charge >= 0.3 is 0 Å². The molecule has 23 heavy (non-hydrogen) atoms. The van der Waals surface area contributed by atoms with Crippen molar-refractivity contribution in [2.24, 2.45) is 5.41 Å². The highest BCUT2D eigenvalue weighted by atomic mass is 16.5. The van der Waals surface area contributed by atoms with Crippen LogP contribution in [0.2, 0.25) is 0 Å². The minimum atomic E-state index is -0.0558. The van der Waals surface area contributed by atoms with Crippen molar-refractivity contribution in [1.82, 2.24) is 4.90 Å². The van der Waals surface area contributed by atoms with E-state index in [-0.39, 0.29) is 11.5 Å². The van der Waals surface area contributed by atoms with Crippen molar-refractivity contribution >= 4 is 0 Å². The summed E-state index contributed by atoms with van der Waals surface area (Å²) in [6.07, 6.45) is 4.41. The van der Waals surface area contributed by atoms with Crippen molar-refractivity contribution in [3.63, 3.8) is 0 Å². The molecule has 1 aromatic carbocycles. The quantitative estimate of drug-likeness (QED) is 0.874. The molecule has 1 atom stereocenters. The third-order valence-corrected chi connectivity index (χ3v) is 5.49. The highest BCUT2D eigenvalue weighted by Crippen LogP contribution is 2.49. The first-order chi connectivity index (χ1) is 11.2. The van der Waals surface area contributed by atoms with Crippen LogP contribution in [0.1, 0.15) is 45.1 Å². The molecule has 1 heterocycles. The van der Waals surface area contributed by atoms with E-state index in [9.17, 15) is 5.11 Å². The van der Waals surface area contributed by atoms with Gasteiger partial charge in [-0.3, -0.25) is 4.90 Å². The number of rotatable bonds is 6. The molecule has 2 fully saturated rings. The van der Waals surface area contributed by atoms with E-state index in [1.807, 2.05) is 19.9 Å². The van der Waals surface area contributed by atoms with Crippen LogP contribution in [0.5, 0.6) is 11.5 Å². The normalized spacial score (nSPS) is 23.5. The third-order valence-electron chi connectivity index (χ3n) is 5.49. The average Bonchev–Trinajstić information content (AvgIpc) is 2.57. The Balaban J connectivity index is 1.60. The second kappa shape index (κ2) is 7.10. The molecule has 4 heteroatoms. The predicted molar refractivity (Wildman–Crippen MR) is 91.0 cm³/mol. The predicted octanol–water partition coefficient (Wildman–Crippen LogP) is 3.22. The number of hydrogen-bond donors (Lipinski definition) is 1. The third kappa shape index (κ3) is 3.48. The zero-order valence-corrected chi connectivity index (χ0v) is 14.4. The van der Waals surface area contributed by atoms with E-state index < -0.39 is 0 Å². The smallest absolute Gasteiger partial charge is 0.161 e. The Morgan fingerprint density at radius 1 is 1.09 bits per heavy atom. The van der Waals surface area contributed by atoms with Crippen molar-refractivity contribution in [2.45, 2.75) is 52.2 Å². The van der Waals surface area contributed by atoms with Crippen molar-refractivity contribution in [2.75, 3.05) is 26.3 Å². The molecule has 4 nitrogen and oxygen atoms in total. The van der Waals surface area contributed by atoms with Gasteiger partial charge in [0.05, 0.1) is 19.3 Å². The SMILES string of the molecule is CCOc1ccc(CN2CCC3(CCC3O)CC2)cc1OCC. The summed E-state index contributed by atoms with van der Waals surface area (Å²) in [6.45, 7) is 8.38. The molecule has 2 aliphatic rings. The van der Waals surface area contributed by atoms with Gasteiger partial charge in [0, 0.05) is 6.54 Å². The zero-order valence-electron chi connectivity index (χ0n) is 14.4. The molecule has 128 valence electrons. The molecule has 1 aliphatic heterocycles. The van der Waals surface area contributed by atoms with Gasteiger partial charge in [0.15, 0.2) is 11.5 Å². The number of piperidine rings is 1. The molecule has 1 saturated heterocycles. The standard InChI is InChI=1S/C19H29NO3/c1-3-22-16-6-5-15(13-17(16)23-4-2)14-20-11-9-19(10-12-20)8-7-18(19)21/h5-6,13,18,21H,3-4,7-12,14H2,1-2H3. The lowest BCUT2D eigenvalue weighted by Crippen LogP contribution is -2.51. The Hall–Kier alpha value is -1.26. The lowest BCUT2D eigenvalue weighted by atomic mass is 9.61. The maximum Gasteiger partial charge on any atom is 0.161 e. The van der Waals surface area contributed by atoms with Crippen LogP contribution in [-0.2, 0) is 6.54 Å². The van der Waals surface area contributed by atoms with E-state index >= 15 is 0 Å². The average molecular weight is 319 g/mol. The van der Waals surface area contributed by atoms with Gasteiger partial charge < -0.3 is 14.6 Å². The Morgan fingerprint density at radius 2 is 1.78 bits per heavy atom. The second-order valence-electron chi connectivity index (χ2n) is 6.84. The molecule has 1 unspecified atom stereocenters. The first kappa shape index (κ1) is 16.6. The largest absolute Gasteiger partial charge is 0.490 e. The monoisotopic (exact) mass is 319 g/mol. The van der Waals surface area contributed by atoms with Gasteiger partial charge in [-0.1, -0.05) is 6.07 Å². The molecule has 1 N–H and O–H groups in total. The van der Waals surface area contributed by atoms with Gasteiger partial charge in [0.1, 0.15) is 0 Å². The summed E-state index contributed by atoms with van der Waals surface area (Å²) >= 11 is 0. The highest BCUT2D eigenvalue weighted by molar-refractivity contribution is 5.43. The molecule has 1 aliphatic carbocycles. The van der Waals surface area contributed by atoms with Gasteiger partial charge in [-0.2, -0.15) is 0 Å². The van der Waals surface area contributed by atoms with Crippen LogP contribution in [0.4, 0.5) is 0 Å². The van der Waals surface area contributed by atoms with Crippen molar-refractivity contribution in [3.8, 4) is 11.5 Å². The second-order valence-corrected chi connectivity index (χ2v) is 6.84. The first-order valence-electron chi connectivity index (χ1n) is 8.96. The molecule has 3 rings (SSSR count). The number of likely N-dealkylation sites (tertiary alicyclic amines) is 1. The molecule has 0 radical (unpaired) electrons. The summed E-state index contributed by atoms with van der Waals surface area (Å²) in [6, 6.07) is 6.26. The Bertz CT molecular complexity index is 523. The summed E-state index contributed by atoms with van der Waals surface area (Å²) in [7, 11) is 0. The van der Waals surface area contributed by atoms with Gasteiger partial charge in [-0.05, 0) is 75.7 Å². The van der Waals surface area contributed by atoms with Gasteiger partial charge in [0.25, 0.3) is 0 Å². The van der Waals surface area contributed by atoms with Crippen LogP contribution in [0.3, 0.4) is 0 Å². The lowest BCUT2D eigenvalue weighted by molar-refractivity contribution is -0.100. The Labute approximate surface area is 139 Å². The topological polar surface area (TPSA) is 41.9 Å². The molecular formula is C19H29NO3. The summed E-state index contributed by atoms with van der Waals surface area (Å²) in [4.78, 5) is 2.49. The summed E-state index contributed by atoms with van der Waals surface area (Å²) < 4.78 is 11.3. The Morgan fingerprint density at radius 3 is 2.35 bits per heavy atom. The van der Waals surface area contributed by atoms with E-state index in [1.54, 1.807) is 0 Å². The summed E-state index contributed by atoms with van der Waals surface area (Å²) in [5, 5.41) is 10.0. The van der Waals surface area contributed by atoms with Crippen LogP contribution in [0.15, 0.2) is 18.2 Å². The van der Waals surface area contributed by atoms with Crippen LogP contribution >= 0.6 is 0 Å². The fraction of sp³-hybridized carbons (Fsp3) is 0.684. The van der Waals surface area contributed by atoms with Crippen LogP contribution < -0.4 is 9.47 Å². The summed E-state index contributed by atoms with van der Waals surface area (Å²) in [5.74, 6) is 1.67. The maximum atomic E-state index is 10.0. The molecule has 1 saturated carbocycles. The lowest BCUT2D eigenvalue weighted by Gasteiger charge is -2.51. The van der Waals surface area contributed by atoms with Gasteiger partial charge in [-0.15, -0.1) is 0 Å². The van der Waals surface area contributed by atoms with E-state index in [4.69, 9.17) is 9.47 Å². The van der Waals surface area contributed by atoms with Crippen LogP contribution in [0.25, 0.3) is 0 Å². The number of aliphatic hydroxyl groups is 1. The molecule has 0 amide bonds. The number of ether oxygens (including phenoxy) is 2. The number of aliphatic hydroxyl groups excluding tert-OH is 1. The van der Waals surface area contributed by atoms with Crippen molar-refractivity contribution in [3.05, 3.63) is 23.8 Å². The highest BCUT2D eigenvalue weighted by Gasteiger charge is 2.47. The molecule has 1 aromatic rings. The van der Waals surface area contributed by atoms with Crippen molar-refractivity contribution in [1.29, 1.82) is 0 Å². The summed E-state index contributed by atoms with van der Waals surface area (Å²) in [5.41, 5.74) is 1.51. The fourth-order valence-corrected chi connectivity index (χ4v) is 3.87. The molecular weight excluding hydrogens is 290 g/mol. The maximum absolute atomic E-state index is 10.0. The molecule has 0 aromatic heterocycles. The van der Waals surface area contributed by atoms with Crippen LogP contribution in [-0.4, -0.2) is 42.4 Å². The van der Waals surface area contributed by atoms with E-state index in [0.29, 0.717) is 13.2 Å². The number of nitrogens with zero attached hydrogens (tertiary/aromatic N) is 1. The van der Waals surface area contributed by atoms with E-state index in [0.717, 1.165) is 50.4 Å². The van der Waals surface area contributed by atoms with Gasteiger partial charge in [0.2, 0.25) is 0 Å². The minimum absolute atomic E-state index is 0.0558. The van der Waals surface area contributed by atoms with Crippen LogP contribution in [0, 0.1) is 5.41 Å². The number of hydrogen-bond acceptors (Lipinski definition) is 4. The van der Waals surface area contributed by atoms with E-state index in [2.05, 4.69) is 17.0 Å². The molecule has 1 spiro atoms. The zero-order chi connectivity index (χ0) is 16.3. The molecule has 0 bridgehead atoms. The first-order valence-corrected chi connectivity index (χ1v) is 8.96. The Kier molecular flexibility index (Phi) is 5.12. The number of benzene rings is 1. The van der Waals surface area contributed by atoms with Gasteiger partial charge in [-0.25, -0.2) is 0 Å². The fourth-order valence-electron chi connectivity index (χ4n) is 3.87. The van der Waals surface area contributed by atoms with Crippen molar-refractivity contribution < 1.29 is 14.6 Å².